The van der Waals surface area contributed by atoms with Crippen LogP contribution in [0.4, 0.5) is 0 Å². The summed E-state index contributed by atoms with van der Waals surface area (Å²) in [6.07, 6.45) is 5.24. The second-order valence-corrected chi connectivity index (χ2v) is 7.70. The van der Waals surface area contributed by atoms with Gasteiger partial charge in [0.25, 0.3) is 0 Å². The van der Waals surface area contributed by atoms with Gasteiger partial charge in [-0.3, -0.25) is 14.2 Å². The number of aryl methyl sites for hydroxylation is 1. The molecule has 7 heteroatoms. The van der Waals surface area contributed by atoms with Crippen molar-refractivity contribution in [3.8, 4) is 0 Å². The Morgan fingerprint density at radius 1 is 1.00 bits per heavy atom. The largest absolute Gasteiger partial charge is 0.346 e. The lowest BCUT2D eigenvalue weighted by Gasteiger charge is -2.31. The van der Waals surface area contributed by atoms with Gasteiger partial charge in [0, 0.05) is 37.5 Å². The van der Waals surface area contributed by atoms with E-state index in [1.54, 1.807) is 9.47 Å². The van der Waals surface area contributed by atoms with Gasteiger partial charge in [-0.25, -0.2) is 9.48 Å². The summed E-state index contributed by atoms with van der Waals surface area (Å²) < 4.78 is 3.02. The minimum absolute atomic E-state index is 0.0177. The van der Waals surface area contributed by atoms with Gasteiger partial charge in [-0.1, -0.05) is 36.8 Å². The van der Waals surface area contributed by atoms with E-state index >= 15 is 0 Å². The van der Waals surface area contributed by atoms with Crippen LogP contribution in [0.25, 0.3) is 0 Å². The number of ketones is 1. The van der Waals surface area contributed by atoms with Crippen LogP contribution in [0.1, 0.15) is 48.3 Å². The first-order valence-corrected chi connectivity index (χ1v) is 10.2. The standard InChI is InChI=1S/C21H26N4O3/c26-19(15-25-21(28)24-12-6-2-5-9-18(24)22-25)23-13-10-17(11-14-23)20(27)16-7-3-1-4-8-16/h1,3-4,7-8,17H,2,5-6,9-15H2. The predicted molar refractivity (Wildman–Crippen MR) is 104 cm³/mol. The van der Waals surface area contributed by atoms with Crippen molar-refractivity contribution in [2.24, 2.45) is 5.92 Å². The van der Waals surface area contributed by atoms with E-state index in [1.165, 1.54) is 4.68 Å². The summed E-state index contributed by atoms with van der Waals surface area (Å²) in [7, 11) is 0. The van der Waals surface area contributed by atoms with E-state index in [9.17, 15) is 14.4 Å². The van der Waals surface area contributed by atoms with E-state index in [2.05, 4.69) is 5.10 Å². The molecule has 0 N–H and O–H groups in total. The number of benzene rings is 1. The molecule has 1 amide bonds. The van der Waals surface area contributed by atoms with Crippen molar-refractivity contribution < 1.29 is 9.59 Å². The Kier molecular flexibility index (Phi) is 5.41. The van der Waals surface area contributed by atoms with Crippen molar-refractivity contribution in [3.63, 3.8) is 0 Å². The van der Waals surface area contributed by atoms with Crippen LogP contribution >= 0.6 is 0 Å². The van der Waals surface area contributed by atoms with E-state index in [0.717, 1.165) is 37.1 Å². The maximum atomic E-state index is 12.7. The van der Waals surface area contributed by atoms with Crippen LogP contribution in [0.5, 0.6) is 0 Å². The lowest BCUT2D eigenvalue weighted by molar-refractivity contribution is -0.133. The van der Waals surface area contributed by atoms with Crippen LogP contribution in [0.2, 0.25) is 0 Å². The Hall–Kier alpha value is -2.70. The topological polar surface area (TPSA) is 77.2 Å². The SMILES string of the molecule is O=C(c1ccccc1)C1CCN(C(=O)Cn2nc3n(c2=O)CCCCC3)CC1. The number of piperidine rings is 1. The average molecular weight is 382 g/mol. The first kappa shape index (κ1) is 18.7. The van der Waals surface area contributed by atoms with Crippen LogP contribution in [0.15, 0.2) is 35.1 Å². The van der Waals surface area contributed by atoms with E-state index in [4.69, 9.17) is 0 Å². The molecule has 1 saturated heterocycles. The lowest BCUT2D eigenvalue weighted by atomic mass is 9.89. The molecule has 2 aliphatic heterocycles. The van der Waals surface area contributed by atoms with Crippen LogP contribution in [-0.2, 0) is 24.3 Å². The van der Waals surface area contributed by atoms with Gasteiger partial charge in [0.1, 0.15) is 12.4 Å². The highest BCUT2D eigenvalue weighted by Gasteiger charge is 2.28. The molecule has 3 heterocycles. The Bertz CT molecular complexity index is 907. The van der Waals surface area contributed by atoms with Crippen molar-refractivity contribution in [3.05, 3.63) is 52.2 Å². The molecular formula is C21H26N4O3. The molecule has 2 aromatic rings. The zero-order valence-corrected chi connectivity index (χ0v) is 16.0. The summed E-state index contributed by atoms with van der Waals surface area (Å²) in [4.78, 5) is 39.6. The highest BCUT2D eigenvalue weighted by atomic mass is 16.2. The number of amides is 1. The first-order valence-electron chi connectivity index (χ1n) is 10.2. The Labute approximate surface area is 164 Å². The highest BCUT2D eigenvalue weighted by molar-refractivity contribution is 5.98. The maximum Gasteiger partial charge on any atom is 0.346 e. The zero-order chi connectivity index (χ0) is 19.5. The van der Waals surface area contributed by atoms with Crippen molar-refractivity contribution >= 4 is 11.7 Å². The number of hydrogen-bond donors (Lipinski definition) is 0. The summed E-state index contributed by atoms with van der Waals surface area (Å²) in [5, 5.41) is 4.39. The molecule has 0 atom stereocenters. The summed E-state index contributed by atoms with van der Waals surface area (Å²) in [5.41, 5.74) is 0.553. The van der Waals surface area contributed by atoms with Gasteiger partial charge in [-0.05, 0) is 25.7 Å². The van der Waals surface area contributed by atoms with E-state index < -0.39 is 0 Å². The fraction of sp³-hybridized carbons (Fsp3) is 0.524. The van der Waals surface area contributed by atoms with Gasteiger partial charge in [0.2, 0.25) is 5.91 Å². The Morgan fingerprint density at radius 3 is 2.50 bits per heavy atom. The maximum absolute atomic E-state index is 12.7. The van der Waals surface area contributed by atoms with Crippen molar-refractivity contribution in [2.45, 2.75) is 51.6 Å². The monoisotopic (exact) mass is 382 g/mol. The summed E-state index contributed by atoms with van der Waals surface area (Å²) >= 11 is 0. The number of carbonyl (C=O) groups excluding carboxylic acids is 2. The number of carbonyl (C=O) groups is 2. The molecule has 0 radical (unpaired) electrons. The third-order valence-electron chi connectivity index (χ3n) is 5.84. The Balaban J connectivity index is 1.36. The molecule has 28 heavy (non-hydrogen) atoms. The summed E-state index contributed by atoms with van der Waals surface area (Å²) in [6, 6.07) is 9.33. The molecule has 148 valence electrons. The van der Waals surface area contributed by atoms with Crippen LogP contribution in [0, 0.1) is 5.92 Å². The summed E-state index contributed by atoms with van der Waals surface area (Å²) in [6.45, 7) is 1.76. The van der Waals surface area contributed by atoms with Crippen LogP contribution in [0.3, 0.4) is 0 Å². The second kappa shape index (κ2) is 8.12. The molecule has 0 aliphatic carbocycles. The number of aromatic nitrogens is 3. The lowest BCUT2D eigenvalue weighted by Crippen LogP contribution is -2.43. The molecule has 4 rings (SSSR count). The van der Waals surface area contributed by atoms with Gasteiger partial charge in [0.05, 0.1) is 0 Å². The third-order valence-corrected chi connectivity index (χ3v) is 5.84. The molecule has 1 aromatic carbocycles. The van der Waals surface area contributed by atoms with Crippen LogP contribution in [-0.4, -0.2) is 44.0 Å². The molecule has 0 saturated carbocycles. The number of Topliss-reactive ketones (excluding diaryl/α,β-unsaturated/α-hetero) is 1. The highest BCUT2D eigenvalue weighted by Crippen LogP contribution is 2.22. The summed E-state index contributed by atoms with van der Waals surface area (Å²) in [5.74, 6) is 0.808. The number of rotatable bonds is 4. The molecule has 0 unspecified atom stereocenters. The third kappa shape index (κ3) is 3.79. The smallest absolute Gasteiger partial charge is 0.341 e. The van der Waals surface area contributed by atoms with Crippen molar-refractivity contribution in [1.82, 2.24) is 19.2 Å². The zero-order valence-electron chi connectivity index (χ0n) is 16.0. The second-order valence-electron chi connectivity index (χ2n) is 7.70. The van der Waals surface area contributed by atoms with E-state index in [-0.39, 0.29) is 29.8 Å². The molecule has 2 aliphatic rings. The van der Waals surface area contributed by atoms with Crippen molar-refractivity contribution in [1.29, 1.82) is 0 Å². The van der Waals surface area contributed by atoms with Gasteiger partial charge < -0.3 is 4.90 Å². The number of fused-ring (bicyclic) bond motifs is 1. The number of hydrogen-bond acceptors (Lipinski definition) is 4. The molecule has 1 fully saturated rings. The first-order chi connectivity index (χ1) is 13.6. The van der Waals surface area contributed by atoms with Gasteiger partial charge in [-0.2, -0.15) is 5.10 Å². The number of nitrogens with zero attached hydrogens (tertiary/aromatic N) is 4. The Morgan fingerprint density at radius 2 is 1.75 bits per heavy atom. The van der Waals surface area contributed by atoms with Gasteiger partial charge in [-0.15, -0.1) is 0 Å². The van der Waals surface area contributed by atoms with Gasteiger partial charge >= 0.3 is 5.69 Å². The van der Waals surface area contributed by atoms with Crippen molar-refractivity contribution in [2.75, 3.05) is 13.1 Å². The quantitative estimate of drug-likeness (QED) is 0.757. The molecule has 0 spiro atoms. The average Bonchev–Trinajstić information content (AvgIpc) is 2.89. The minimum atomic E-state index is -0.181. The molecule has 7 nitrogen and oxygen atoms in total. The van der Waals surface area contributed by atoms with E-state index in [0.29, 0.717) is 32.5 Å². The number of likely N-dealkylation sites (tertiary alicyclic amines) is 1. The predicted octanol–water partition coefficient (Wildman–Crippen LogP) is 1.89. The normalized spacial score (nSPS) is 17.8. The fourth-order valence-corrected chi connectivity index (χ4v) is 4.19. The van der Waals surface area contributed by atoms with Crippen LogP contribution < -0.4 is 5.69 Å². The molecule has 0 bridgehead atoms. The minimum Gasteiger partial charge on any atom is -0.341 e. The molecule has 1 aromatic heterocycles. The fourth-order valence-electron chi connectivity index (χ4n) is 4.19. The van der Waals surface area contributed by atoms with E-state index in [1.807, 2.05) is 30.3 Å². The molecular weight excluding hydrogens is 356 g/mol. The van der Waals surface area contributed by atoms with Gasteiger partial charge in [0.15, 0.2) is 5.78 Å².